The number of aromatic amines is 1. The fourth-order valence-electron chi connectivity index (χ4n) is 3.52. The van der Waals surface area contributed by atoms with Gasteiger partial charge in [-0.05, 0) is 42.4 Å². The number of imidazole rings is 1. The van der Waals surface area contributed by atoms with E-state index in [1.807, 2.05) is 11.9 Å². The van der Waals surface area contributed by atoms with E-state index in [2.05, 4.69) is 9.97 Å². The molecule has 0 spiro atoms. The predicted molar refractivity (Wildman–Crippen MR) is 106 cm³/mol. The Hall–Kier alpha value is -2.36. The normalized spacial score (nSPS) is 16.4. The maximum Gasteiger partial charge on any atom is 0.200 e. The summed E-state index contributed by atoms with van der Waals surface area (Å²) >= 11 is 5.91. The first-order valence-electron chi connectivity index (χ1n) is 9.04. The van der Waals surface area contributed by atoms with Crippen molar-refractivity contribution in [1.82, 2.24) is 14.9 Å². The summed E-state index contributed by atoms with van der Waals surface area (Å²) in [6.07, 6.45) is 1.21. The van der Waals surface area contributed by atoms with E-state index in [4.69, 9.17) is 11.6 Å². The molecule has 0 amide bonds. The van der Waals surface area contributed by atoms with Crippen LogP contribution in [0.3, 0.4) is 0 Å². The highest BCUT2D eigenvalue weighted by atomic mass is 35.5. The highest BCUT2D eigenvalue weighted by Crippen LogP contribution is 2.34. The van der Waals surface area contributed by atoms with Gasteiger partial charge in [0.2, 0.25) is 9.84 Å². The van der Waals surface area contributed by atoms with Gasteiger partial charge in [0.1, 0.15) is 11.6 Å². The van der Waals surface area contributed by atoms with Gasteiger partial charge >= 0.3 is 0 Å². The van der Waals surface area contributed by atoms with Crippen molar-refractivity contribution in [3.8, 4) is 0 Å². The number of rotatable bonds is 5. The van der Waals surface area contributed by atoms with E-state index >= 15 is 0 Å². The number of halogens is 4. The Kier molecular flexibility index (Phi) is 5.37. The molecule has 2 aromatic carbocycles. The Morgan fingerprint density at radius 1 is 1.07 bits per heavy atom. The van der Waals surface area contributed by atoms with E-state index in [9.17, 15) is 21.6 Å². The molecule has 1 aromatic heterocycles. The Morgan fingerprint density at radius 2 is 1.70 bits per heavy atom. The number of hydrogen-bond donors (Lipinski definition) is 1. The first-order valence-corrected chi connectivity index (χ1v) is 11.0. The van der Waals surface area contributed by atoms with Gasteiger partial charge in [0.15, 0.2) is 16.7 Å². The highest BCUT2D eigenvalue weighted by Gasteiger charge is 2.38. The molecule has 4 rings (SSSR count). The predicted octanol–water partition coefficient (Wildman–Crippen LogP) is 3.75. The van der Waals surface area contributed by atoms with Crippen LogP contribution < -0.4 is 0 Å². The second-order valence-corrected chi connectivity index (χ2v) is 9.90. The van der Waals surface area contributed by atoms with Gasteiger partial charge in [-0.2, -0.15) is 0 Å². The zero-order valence-corrected chi connectivity index (χ0v) is 17.3. The third-order valence-corrected chi connectivity index (χ3v) is 7.46. The summed E-state index contributed by atoms with van der Waals surface area (Å²) in [7, 11) is -1.80. The van der Waals surface area contributed by atoms with Crippen LogP contribution in [0.15, 0.2) is 47.6 Å². The summed E-state index contributed by atoms with van der Waals surface area (Å²) in [5.41, 5.74) is 0.743. The third kappa shape index (κ3) is 3.73. The fraction of sp³-hybridized carbons (Fsp3) is 0.250. The lowest BCUT2D eigenvalue weighted by Crippen LogP contribution is -2.52. The van der Waals surface area contributed by atoms with Crippen LogP contribution in [0.1, 0.15) is 22.9 Å². The maximum atomic E-state index is 13.9. The molecule has 3 aromatic rings. The minimum absolute atomic E-state index is 0.0589. The molecule has 1 atom stereocenters. The van der Waals surface area contributed by atoms with Gasteiger partial charge in [0.25, 0.3) is 0 Å². The number of likely N-dealkylation sites (tertiary alicyclic amines) is 1. The summed E-state index contributed by atoms with van der Waals surface area (Å²) in [6.45, 7) is 0.827. The average Bonchev–Trinajstić information content (AvgIpc) is 3.15. The van der Waals surface area contributed by atoms with Crippen molar-refractivity contribution in [1.29, 1.82) is 0 Å². The number of nitrogens with one attached hydrogen (secondary N) is 1. The highest BCUT2D eigenvalue weighted by molar-refractivity contribution is 7.92. The Labute approximate surface area is 176 Å². The molecule has 1 aliphatic heterocycles. The SMILES string of the molecule is CN1CC(S(=O)(=O)c2cnc(C(c3ccc(F)c(F)c3)c3ccc(F)c(Cl)c3)[nH]2)C1. The molecular formula is C20H17ClF3N3O2S. The number of aromatic nitrogens is 2. The van der Waals surface area contributed by atoms with E-state index < -0.39 is 38.5 Å². The molecule has 1 saturated heterocycles. The molecule has 1 unspecified atom stereocenters. The Balaban J connectivity index is 1.79. The molecule has 2 heterocycles. The molecule has 30 heavy (non-hydrogen) atoms. The summed E-state index contributed by atoms with van der Waals surface area (Å²) < 4.78 is 66.6. The van der Waals surface area contributed by atoms with Crippen molar-refractivity contribution < 1.29 is 21.6 Å². The van der Waals surface area contributed by atoms with Crippen molar-refractivity contribution in [2.75, 3.05) is 20.1 Å². The van der Waals surface area contributed by atoms with Crippen LogP contribution in [0.4, 0.5) is 13.2 Å². The topological polar surface area (TPSA) is 66.1 Å². The van der Waals surface area contributed by atoms with Gasteiger partial charge < -0.3 is 9.88 Å². The van der Waals surface area contributed by atoms with Gasteiger partial charge in [0, 0.05) is 13.1 Å². The van der Waals surface area contributed by atoms with E-state index in [0.717, 1.165) is 18.2 Å². The van der Waals surface area contributed by atoms with Crippen LogP contribution in [-0.4, -0.2) is 48.7 Å². The van der Waals surface area contributed by atoms with Gasteiger partial charge in [0.05, 0.1) is 22.4 Å². The molecule has 10 heteroatoms. The smallest absolute Gasteiger partial charge is 0.200 e. The molecular weight excluding hydrogens is 439 g/mol. The largest absolute Gasteiger partial charge is 0.332 e. The van der Waals surface area contributed by atoms with Crippen molar-refractivity contribution in [2.45, 2.75) is 16.2 Å². The van der Waals surface area contributed by atoms with Gasteiger partial charge in [-0.3, -0.25) is 0 Å². The Morgan fingerprint density at radius 3 is 2.30 bits per heavy atom. The second-order valence-electron chi connectivity index (χ2n) is 7.30. The van der Waals surface area contributed by atoms with Crippen LogP contribution in [0.5, 0.6) is 0 Å². The molecule has 158 valence electrons. The minimum Gasteiger partial charge on any atom is -0.332 e. The molecule has 0 aliphatic carbocycles. The van der Waals surface area contributed by atoms with E-state index in [-0.39, 0.29) is 15.9 Å². The van der Waals surface area contributed by atoms with E-state index in [1.165, 1.54) is 24.4 Å². The van der Waals surface area contributed by atoms with E-state index in [1.54, 1.807) is 0 Å². The van der Waals surface area contributed by atoms with Crippen molar-refractivity contribution in [2.24, 2.45) is 0 Å². The second kappa shape index (κ2) is 7.72. The lowest BCUT2D eigenvalue weighted by atomic mass is 9.90. The van der Waals surface area contributed by atoms with Crippen LogP contribution >= 0.6 is 11.6 Å². The summed E-state index contributed by atoms with van der Waals surface area (Å²) in [5.74, 6) is -3.35. The number of benzene rings is 2. The van der Waals surface area contributed by atoms with Gasteiger partial charge in [-0.1, -0.05) is 23.7 Å². The number of hydrogen-bond acceptors (Lipinski definition) is 4. The molecule has 1 aliphatic rings. The number of H-pyrrole nitrogens is 1. The van der Waals surface area contributed by atoms with Crippen molar-refractivity contribution >= 4 is 21.4 Å². The monoisotopic (exact) mass is 455 g/mol. The molecule has 1 fully saturated rings. The number of sulfone groups is 1. The van der Waals surface area contributed by atoms with Gasteiger partial charge in [-0.25, -0.2) is 26.6 Å². The lowest BCUT2D eigenvalue weighted by molar-refractivity contribution is 0.231. The molecule has 5 nitrogen and oxygen atoms in total. The minimum atomic E-state index is -3.62. The van der Waals surface area contributed by atoms with Crippen LogP contribution in [0.2, 0.25) is 5.02 Å². The first kappa shape index (κ1) is 20.9. The quantitative estimate of drug-likeness (QED) is 0.636. The standard InChI is InChI=1S/C20H17ClF3N3O2S/c1-27-9-13(10-27)30(28,29)18-8-25-20(26-18)19(11-2-4-15(22)14(21)6-11)12-3-5-16(23)17(24)7-12/h2-8,13,19H,9-10H2,1H3,(H,25,26). The summed E-state index contributed by atoms with van der Waals surface area (Å²) in [5, 5.41) is -0.758. The zero-order chi connectivity index (χ0) is 21.6. The number of nitrogens with zero attached hydrogens (tertiary/aromatic N) is 2. The first-order chi connectivity index (χ1) is 14.2. The van der Waals surface area contributed by atoms with Crippen molar-refractivity contribution in [3.05, 3.63) is 82.0 Å². The molecule has 0 bridgehead atoms. The molecule has 0 saturated carbocycles. The molecule has 1 N–H and O–H groups in total. The third-order valence-electron chi connectivity index (χ3n) is 5.18. The summed E-state index contributed by atoms with van der Waals surface area (Å²) in [6, 6.07) is 7.25. The van der Waals surface area contributed by atoms with Crippen LogP contribution in [0, 0.1) is 17.5 Å². The van der Waals surface area contributed by atoms with Crippen LogP contribution in [0.25, 0.3) is 0 Å². The van der Waals surface area contributed by atoms with Crippen molar-refractivity contribution in [3.63, 3.8) is 0 Å². The lowest BCUT2D eigenvalue weighted by Gasteiger charge is -2.34. The van der Waals surface area contributed by atoms with Crippen LogP contribution in [-0.2, 0) is 9.84 Å². The zero-order valence-electron chi connectivity index (χ0n) is 15.7. The maximum absolute atomic E-state index is 13.9. The Bertz CT molecular complexity index is 1160. The summed E-state index contributed by atoms with van der Waals surface area (Å²) in [4.78, 5) is 8.89. The van der Waals surface area contributed by atoms with E-state index in [0.29, 0.717) is 24.2 Å². The average molecular weight is 456 g/mol. The van der Waals surface area contributed by atoms with Gasteiger partial charge in [-0.15, -0.1) is 0 Å². The fourth-order valence-corrected chi connectivity index (χ4v) is 5.42. The molecule has 0 radical (unpaired) electrons.